The van der Waals surface area contributed by atoms with Crippen molar-refractivity contribution in [1.29, 1.82) is 0 Å². The molecule has 6 nitrogen and oxygen atoms in total. The lowest BCUT2D eigenvalue weighted by Gasteiger charge is -2.34. The Balaban J connectivity index is 1.18. The maximum absolute atomic E-state index is 15.1. The van der Waals surface area contributed by atoms with Crippen LogP contribution in [0.4, 0.5) is 23.2 Å². The maximum Gasteiger partial charge on any atom is 0.573 e. The number of aryl methyl sites for hydroxylation is 2. The number of rotatable bonds is 6. The van der Waals surface area contributed by atoms with E-state index in [9.17, 15) is 18.0 Å². The molecule has 0 atom stereocenters. The van der Waals surface area contributed by atoms with Crippen LogP contribution in [0, 0.1) is 19.7 Å². The fraction of sp³-hybridized carbons (Fsp3) is 0.310. The van der Waals surface area contributed by atoms with E-state index >= 15 is 4.39 Å². The molecule has 2 aromatic carbocycles. The van der Waals surface area contributed by atoms with Crippen LogP contribution in [-0.2, 0) is 6.54 Å². The number of carbonyl (C=O) groups is 1. The largest absolute Gasteiger partial charge is 0.573 e. The summed E-state index contributed by atoms with van der Waals surface area (Å²) in [5, 5.41) is 2.88. The lowest BCUT2D eigenvalue weighted by molar-refractivity contribution is -0.274. The standard InChI is InChI=1S/C29H28F4N4O2/c1-18-3-10-26-35-19(2)27(37(26)17-18)28(38)34-16-20-4-9-24(25(30)15-20)21-11-13-36(14-12-21)22-5-7-23(8-6-22)39-29(31,32)33/h3-10,15,17,21H,11-14,16H2,1-2H3,(H,34,38). The van der Waals surface area contributed by atoms with Crippen molar-refractivity contribution in [3.05, 3.63) is 94.7 Å². The van der Waals surface area contributed by atoms with Gasteiger partial charge in [-0.05, 0) is 85.7 Å². The van der Waals surface area contributed by atoms with E-state index in [2.05, 4.69) is 19.9 Å². The Labute approximate surface area is 223 Å². The van der Waals surface area contributed by atoms with Crippen molar-refractivity contribution in [3.8, 4) is 5.75 Å². The van der Waals surface area contributed by atoms with Crippen LogP contribution in [0.5, 0.6) is 5.75 Å². The van der Waals surface area contributed by atoms with Crippen molar-refractivity contribution < 1.29 is 27.1 Å². The number of anilines is 1. The monoisotopic (exact) mass is 540 g/mol. The highest BCUT2D eigenvalue weighted by atomic mass is 19.4. The summed E-state index contributed by atoms with van der Waals surface area (Å²) in [6, 6.07) is 14.7. The lowest BCUT2D eigenvalue weighted by atomic mass is 9.88. The Morgan fingerprint density at radius 2 is 1.77 bits per heavy atom. The number of carbonyl (C=O) groups excluding carboxylic acids is 1. The number of nitrogens with one attached hydrogen (secondary N) is 1. The molecule has 10 heteroatoms. The third kappa shape index (κ3) is 6.00. The molecule has 39 heavy (non-hydrogen) atoms. The lowest BCUT2D eigenvalue weighted by Crippen LogP contribution is -2.33. The number of fused-ring (bicyclic) bond motifs is 1. The second-order valence-corrected chi connectivity index (χ2v) is 9.82. The molecule has 204 valence electrons. The minimum atomic E-state index is -4.72. The third-order valence-electron chi connectivity index (χ3n) is 7.04. The molecule has 0 aliphatic carbocycles. The van der Waals surface area contributed by atoms with Crippen LogP contribution in [0.2, 0.25) is 0 Å². The Kier molecular flexibility index (Phi) is 7.20. The van der Waals surface area contributed by atoms with E-state index < -0.39 is 6.36 Å². The second kappa shape index (κ2) is 10.6. The number of hydrogen-bond acceptors (Lipinski definition) is 4. The number of alkyl halides is 3. The first-order valence-corrected chi connectivity index (χ1v) is 12.7. The maximum atomic E-state index is 15.1. The van der Waals surface area contributed by atoms with Gasteiger partial charge in [0.05, 0.1) is 5.69 Å². The van der Waals surface area contributed by atoms with E-state index in [-0.39, 0.29) is 29.9 Å². The van der Waals surface area contributed by atoms with Gasteiger partial charge >= 0.3 is 6.36 Å². The molecule has 3 heterocycles. The van der Waals surface area contributed by atoms with E-state index in [0.29, 0.717) is 54.1 Å². The Hall–Kier alpha value is -4.08. The quantitative estimate of drug-likeness (QED) is 0.292. The summed E-state index contributed by atoms with van der Waals surface area (Å²) >= 11 is 0. The molecule has 1 fully saturated rings. The van der Waals surface area contributed by atoms with Gasteiger partial charge < -0.3 is 15.0 Å². The van der Waals surface area contributed by atoms with Gasteiger partial charge in [0.2, 0.25) is 0 Å². The summed E-state index contributed by atoms with van der Waals surface area (Å²) < 4.78 is 58.0. The molecular formula is C29H28F4N4O2. The SMILES string of the molecule is Cc1ccc2nc(C)c(C(=O)NCc3ccc(C4CCN(c5ccc(OC(F)(F)F)cc5)CC4)c(F)c3)n2c1. The highest BCUT2D eigenvalue weighted by Crippen LogP contribution is 2.33. The summed E-state index contributed by atoms with van der Waals surface area (Å²) in [7, 11) is 0. The average molecular weight is 541 g/mol. The molecule has 0 spiro atoms. The van der Waals surface area contributed by atoms with Crippen LogP contribution in [-0.4, -0.2) is 34.7 Å². The molecule has 5 rings (SSSR count). The molecule has 0 unspecified atom stereocenters. The van der Waals surface area contributed by atoms with E-state index in [4.69, 9.17) is 0 Å². The first-order chi connectivity index (χ1) is 18.6. The fourth-order valence-electron chi connectivity index (χ4n) is 5.13. The van der Waals surface area contributed by atoms with Crippen LogP contribution < -0.4 is 15.0 Å². The van der Waals surface area contributed by atoms with E-state index in [1.54, 1.807) is 29.5 Å². The summed E-state index contributed by atoms with van der Waals surface area (Å²) in [5.74, 6) is -0.819. The van der Waals surface area contributed by atoms with Crippen molar-refractivity contribution >= 4 is 17.2 Å². The molecular weight excluding hydrogens is 512 g/mol. The van der Waals surface area contributed by atoms with E-state index in [1.165, 1.54) is 18.2 Å². The summed E-state index contributed by atoms with van der Waals surface area (Å²) in [5.41, 5.74) is 4.86. The highest BCUT2D eigenvalue weighted by molar-refractivity contribution is 5.94. The zero-order chi connectivity index (χ0) is 27.7. The van der Waals surface area contributed by atoms with Crippen LogP contribution in [0.3, 0.4) is 0 Å². The van der Waals surface area contributed by atoms with Gasteiger partial charge in [-0.15, -0.1) is 13.2 Å². The van der Waals surface area contributed by atoms with Gasteiger partial charge in [0, 0.05) is 31.5 Å². The van der Waals surface area contributed by atoms with E-state index in [1.807, 2.05) is 31.3 Å². The third-order valence-corrected chi connectivity index (χ3v) is 7.04. The molecule has 1 N–H and O–H groups in total. The summed E-state index contributed by atoms with van der Waals surface area (Å²) in [6.45, 7) is 5.22. The number of amides is 1. The molecule has 1 aliphatic rings. The van der Waals surface area contributed by atoms with Crippen LogP contribution in [0.1, 0.15) is 51.6 Å². The number of piperidine rings is 1. The number of imidazole rings is 1. The smallest absolute Gasteiger partial charge is 0.406 e. The van der Waals surface area contributed by atoms with Gasteiger partial charge in [0.15, 0.2) is 0 Å². The molecule has 4 aromatic rings. The van der Waals surface area contributed by atoms with Crippen LogP contribution >= 0.6 is 0 Å². The van der Waals surface area contributed by atoms with Crippen molar-refractivity contribution in [1.82, 2.24) is 14.7 Å². The predicted molar refractivity (Wildman–Crippen MR) is 140 cm³/mol. The Morgan fingerprint density at radius 1 is 1.05 bits per heavy atom. The Morgan fingerprint density at radius 3 is 2.44 bits per heavy atom. The molecule has 1 amide bonds. The highest BCUT2D eigenvalue weighted by Gasteiger charge is 2.31. The molecule has 1 aliphatic heterocycles. The first-order valence-electron chi connectivity index (χ1n) is 12.7. The molecule has 0 saturated carbocycles. The van der Waals surface area contributed by atoms with Gasteiger partial charge in [0.1, 0.15) is 22.9 Å². The van der Waals surface area contributed by atoms with Gasteiger partial charge in [-0.1, -0.05) is 18.2 Å². The second-order valence-electron chi connectivity index (χ2n) is 9.82. The molecule has 2 aromatic heterocycles. The van der Waals surface area contributed by atoms with Gasteiger partial charge in [-0.2, -0.15) is 0 Å². The van der Waals surface area contributed by atoms with Crippen molar-refractivity contribution in [2.24, 2.45) is 0 Å². The molecule has 0 bridgehead atoms. The van der Waals surface area contributed by atoms with Crippen molar-refractivity contribution in [2.75, 3.05) is 18.0 Å². The molecule has 0 radical (unpaired) electrons. The van der Waals surface area contributed by atoms with Crippen LogP contribution in [0.25, 0.3) is 5.65 Å². The van der Waals surface area contributed by atoms with Gasteiger partial charge in [0.25, 0.3) is 5.91 Å². The Bertz CT molecular complexity index is 1490. The zero-order valence-corrected chi connectivity index (χ0v) is 21.6. The number of halogens is 4. The zero-order valence-electron chi connectivity index (χ0n) is 21.6. The van der Waals surface area contributed by atoms with Crippen molar-refractivity contribution in [3.63, 3.8) is 0 Å². The van der Waals surface area contributed by atoms with Crippen LogP contribution in [0.15, 0.2) is 60.8 Å². The molecule has 1 saturated heterocycles. The number of nitrogens with zero attached hydrogens (tertiary/aromatic N) is 3. The number of hydrogen-bond donors (Lipinski definition) is 1. The van der Waals surface area contributed by atoms with E-state index in [0.717, 1.165) is 11.3 Å². The predicted octanol–water partition coefficient (Wildman–Crippen LogP) is 6.30. The average Bonchev–Trinajstić information content (AvgIpc) is 3.22. The minimum Gasteiger partial charge on any atom is -0.406 e. The van der Waals surface area contributed by atoms with Gasteiger partial charge in [-0.3, -0.25) is 9.20 Å². The normalized spacial score (nSPS) is 14.6. The minimum absolute atomic E-state index is 0.0294. The first kappa shape index (κ1) is 26.5. The number of benzene rings is 2. The number of aromatic nitrogens is 2. The topological polar surface area (TPSA) is 58.9 Å². The summed E-state index contributed by atoms with van der Waals surface area (Å²) in [6.07, 6.45) is -1.44. The number of pyridine rings is 1. The fourth-order valence-corrected chi connectivity index (χ4v) is 5.13. The van der Waals surface area contributed by atoms with Crippen molar-refractivity contribution in [2.45, 2.75) is 45.5 Å². The number of ether oxygens (including phenoxy) is 1. The van der Waals surface area contributed by atoms with Gasteiger partial charge in [-0.25, -0.2) is 9.37 Å². The summed E-state index contributed by atoms with van der Waals surface area (Å²) in [4.78, 5) is 19.4.